The van der Waals surface area contributed by atoms with Crippen LogP contribution in [0.15, 0.2) is 108 Å². The highest BCUT2D eigenvalue weighted by atomic mass is 32.1. The van der Waals surface area contributed by atoms with E-state index in [0.717, 1.165) is 4.90 Å². The number of hydrogen-bond acceptors (Lipinski definition) is 1. The minimum absolute atomic E-state index is 1.02. The van der Waals surface area contributed by atoms with Gasteiger partial charge in [0, 0.05) is 4.90 Å². The molecule has 0 aliphatic rings. The topological polar surface area (TPSA) is 0 Å². The van der Waals surface area contributed by atoms with Crippen LogP contribution in [0.4, 0.5) is 0 Å². The molecule has 5 rings (SSSR count). The van der Waals surface area contributed by atoms with Gasteiger partial charge in [0.2, 0.25) is 0 Å². The van der Waals surface area contributed by atoms with Gasteiger partial charge in [-0.2, -0.15) is 0 Å². The first-order valence-corrected chi connectivity index (χ1v) is 9.56. The maximum absolute atomic E-state index is 4.99. The summed E-state index contributed by atoms with van der Waals surface area (Å²) in [5, 5.41) is 5.01. The van der Waals surface area contributed by atoms with Crippen molar-refractivity contribution in [3.8, 4) is 22.3 Å². The lowest BCUT2D eigenvalue weighted by Crippen LogP contribution is -1.88. The molecule has 0 saturated heterocycles. The Balaban J connectivity index is 1.78. The van der Waals surface area contributed by atoms with Gasteiger partial charge in [-0.1, -0.05) is 103 Å². The SMILES string of the molecule is Sc1c(-c2cccc3ccccc23)cccc1-c1cccc2ccccc12. The Hall–Kier alpha value is -3.03. The molecule has 0 aliphatic carbocycles. The zero-order valence-corrected chi connectivity index (χ0v) is 15.7. The summed E-state index contributed by atoms with van der Waals surface area (Å²) in [6.07, 6.45) is 0. The van der Waals surface area contributed by atoms with E-state index in [9.17, 15) is 0 Å². The molecule has 0 unspecified atom stereocenters. The summed E-state index contributed by atoms with van der Waals surface area (Å²) < 4.78 is 0. The van der Waals surface area contributed by atoms with Gasteiger partial charge >= 0.3 is 0 Å². The van der Waals surface area contributed by atoms with Gasteiger partial charge in [-0.3, -0.25) is 0 Å². The fraction of sp³-hybridized carbons (Fsp3) is 0. The fourth-order valence-corrected chi connectivity index (χ4v) is 4.29. The van der Waals surface area contributed by atoms with Crippen molar-refractivity contribution in [2.75, 3.05) is 0 Å². The Kier molecular flexibility index (Phi) is 3.95. The normalized spacial score (nSPS) is 11.1. The quantitative estimate of drug-likeness (QED) is 0.307. The van der Waals surface area contributed by atoms with Crippen LogP contribution >= 0.6 is 12.6 Å². The lowest BCUT2D eigenvalue weighted by molar-refractivity contribution is 1.46. The van der Waals surface area contributed by atoms with Crippen LogP contribution < -0.4 is 0 Å². The first-order chi connectivity index (χ1) is 13.3. The third-order valence-electron chi connectivity index (χ3n) is 5.20. The highest BCUT2D eigenvalue weighted by molar-refractivity contribution is 7.80. The molecule has 0 amide bonds. The van der Waals surface area contributed by atoms with Crippen molar-refractivity contribution in [2.45, 2.75) is 4.90 Å². The minimum atomic E-state index is 1.02. The van der Waals surface area contributed by atoms with E-state index >= 15 is 0 Å². The third-order valence-corrected chi connectivity index (χ3v) is 5.68. The molecule has 0 aliphatic heterocycles. The summed E-state index contributed by atoms with van der Waals surface area (Å²) in [7, 11) is 0. The van der Waals surface area contributed by atoms with Crippen molar-refractivity contribution in [3.63, 3.8) is 0 Å². The van der Waals surface area contributed by atoms with Crippen LogP contribution in [0.1, 0.15) is 0 Å². The van der Waals surface area contributed by atoms with E-state index in [1.54, 1.807) is 0 Å². The average Bonchev–Trinajstić information content (AvgIpc) is 2.73. The first kappa shape index (κ1) is 16.2. The monoisotopic (exact) mass is 362 g/mol. The van der Waals surface area contributed by atoms with E-state index in [1.165, 1.54) is 43.8 Å². The molecule has 128 valence electrons. The lowest BCUT2D eigenvalue weighted by atomic mass is 9.93. The summed E-state index contributed by atoms with van der Waals surface area (Å²) in [5.41, 5.74) is 4.78. The minimum Gasteiger partial charge on any atom is -0.142 e. The predicted molar refractivity (Wildman–Crippen MR) is 120 cm³/mol. The van der Waals surface area contributed by atoms with Crippen LogP contribution in [-0.2, 0) is 0 Å². The molecular formula is C26H18S. The molecule has 0 radical (unpaired) electrons. The van der Waals surface area contributed by atoms with E-state index in [1.807, 2.05) is 0 Å². The third kappa shape index (κ3) is 2.72. The predicted octanol–water partition coefficient (Wildman–Crippen LogP) is 7.62. The Morgan fingerprint density at radius 2 is 0.741 bits per heavy atom. The number of thiol groups is 1. The van der Waals surface area contributed by atoms with Gasteiger partial charge in [0.15, 0.2) is 0 Å². The molecule has 0 nitrogen and oxygen atoms in total. The molecule has 0 spiro atoms. The largest absolute Gasteiger partial charge is 0.142 e. The molecule has 0 bridgehead atoms. The van der Waals surface area contributed by atoms with Crippen molar-refractivity contribution >= 4 is 34.2 Å². The van der Waals surface area contributed by atoms with Gasteiger partial charge in [-0.15, -0.1) is 12.6 Å². The van der Waals surface area contributed by atoms with E-state index in [0.29, 0.717) is 0 Å². The summed E-state index contributed by atoms with van der Waals surface area (Å²) in [5.74, 6) is 0. The Bertz CT molecular complexity index is 1180. The van der Waals surface area contributed by atoms with Crippen LogP contribution in [0, 0.1) is 0 Å². The number of hydrogen-bond donors (Lipinski definition) is 1. The lowest BCUT2D eigenvalue weighted by Gasteiger charge is -2.14. The van der Waals surface area contributed by atoms with Crippen molar-refractivity contribution in [1.82, 2.24) is 0 Å². The molecule has 5 aromatic carbocycles. The van der Waals surface area contributed by atoms with Gasteiger partial charge in [-0.25, -0.2) is 0 Å². The smallest absolute Gasteiger partial charge is 0.0198 e. The van der Waals surface area contributed by atoms with Gasteiger partial charge in [0.1, 0.15) is 0 Å². The van der Waals surface area contributed by atoms with Gasteiger partial charge in [0.05, 0.1) is 0 Å². The summed E-state index contributed by atoms with van der Waals surface area (Å²) >= 11 is 4.99. The molecule has 0 aromatic heterocycles. The highest BCUT2D eigenvalue weighted by Crippen LogP contribution is 2.39. The zero-order valence-electron chi connectivity index (χ0n) is 14.8. The Morgan fingerprint density at radius 3 is 1.26 bits per heavy atom. The van der Waals surface area contributed by atoms with E-state index < -0.39 is 0 Å². The number of fused-ring (bicyclic) bond motifs is 2. The molecule has 0 N–H and O–H groups in total. The fourth-order valence-electron chi connectivity index (χ4n) is 3.90. The second kappa shape index (κ2) is 6.61. The summed E-state index contributed by atoms with van der Waals surface area (Å²) in [6.45, 7) is 0. The second-order valence-electron chi connectivity index (χ2n) is 6.76. The molecule has 5 aromatic rings. The van der Waals surface area contributed by atoms with E-state index in [4.69, 9.17) is 12.6 Å². The molecular weight excluding hydrogens is 344 g/mol. The van der Waals surface area contributed by atoms with Crippen LogP contribution in [0.5, 0.6) is 0 Å². The summed E-state index contributed by atoms with van der Waals surface area (Å²) in [6, 6.07) is 36.4. The van der Waals surface area contributed by atoms with Crippen LogP contribution in [0.2, 0.25) is 0 Å². The van der Waals surface area contributed by atoms with E-state index in [2.05, 4.69) is 103 Å². The number of benzene rings is 5. The Labute approximate surface area is 164 Å². The van der Waals surface area contributed by atoms with Crippen LogP contribution in [0.3, 0.4) is 0 Å². The van der Waals surface area contributed by atoms with E-state index in [-0.39, 0.29) is 0 Å². The van der Waals surface area contributed by atoms with Crippen LogP contribution in [0.25, 0.3) is 43.8 Å². The van der Waals surface area contributed by atoms with Crippen LogP contribution in [-0.4, -0.2) is 0 Å². The van der Waals surface area contributed by atoms with Crippen molar-refractivity contribution < 1.29 is 0 Å². The second-order valence-corrected chi connectivity index (χ2v) is 7.20. The number of rotatable bonds is 2. The maximum atomic E-state index is 4.99. The molecule has 27 heavy (non-hydrogen) atoms. The van der Waals surface area contributed by atoms with Gasteiger partial charge in [-0.05, 0) is 43.8 Å². The van der Waals surface area contributed by atoms with Gasteiger partial charge < -0.3 is 0 Å². The van der Waals surface area contributed by atoms with Crippen molar-refractivity contribution in [1.29, 1.82) is 0 Å². The Morgan fingerprint density at radius 1 is 0.370 bits per heavy atom. The first-order valence-electron chi connectivity index (χ1n) is 9.11. The standard InChI is InChI=1S/C26H18S/c27-26-24(22-14-5-10-18-8-1-3-12-20(18)22)16-7-17-25(26)23-15-6-11-19-9-2-4-13-21(19)23/h1-17,27H. The molecule has 0 atom stereocenters. The molecule has 1 heteroatoms. The average molecular weight is 362 g/mol. The molecule has 0 saturated carbocycles. The van der Waals surface area contributed by atoms with Gasteiger partial charge in [0.25, 0.3) is 0 Å². The molecule has 0 heterocycles. The maximum Gasteiger partial charge on any atom is 0.0198 e. The van der Waals surface area contributed by atoms with Crippen molar-refractivity contribution in [2.24, 2.45) is 0 Å². The summed E-state index contributed by atoms with van der Waals surface area (Å²) in [4.78, 5) is 1.02. The van der Waals surface area contributed by atoms with Crippen molar-refractivity contribution in [3.05, 3.63) is 103 Å². The molecule has 0 fully saturated rings. The zero-order chi connectivity index (χ0) is 18.2. The highest BCUT2D eigenvalue weighted by Gasteiger charge is 2.12.